The largest absolute Gasteiger partial charge is 0.321 e. The Balaban J connectivity index is 0. The van der Waals surface area contributed by atoms with Gasteiger partial charge in [-0.15, -0.1) is 0 Å². The van der Waals surface area contributed by atoms with Gasteiger partial charge in [-0.3, -0.25) is 0 Å². The van der Waals surface area contributed by atoms with Crippen molar-refractivity contribution in [2.24, 2.45) is 14.2 Å². The molecule has 12 heteroatoms. The quantitative estimate of drug-likeness (QED) is 0.400. The SMILES string of the molecule is CCN=[N+]=[N-].[N-]=[N+]=NS(=O)(=O)N=[N+]=[N-]. The summed E-state index contributed by atoms with van der Waals surface area (Å²) < 4.78 is 24.3. The van der Waals surface area contributed by atoms with Crippen LogP contribution in [0.2, 0.25) is 0 Å². The zero-order chi connectivity index (χ0) is 11.4. The maximum atomic E-state index is 9.99. The van der Waals surface area contributed by atoms with Crippen LogP contribution in [0.15, 0.2) is 14.2 Å². The van der Waals surface area contributed by atoms with Crippen molar-refractivity contribution in [3.63, 3.8) is 0 Å². The lowest BCUT2D eigenvalue weighted by Gasteiger charge is -1.73. The molecule has 76 valence electrons. The van der Waals surface area contributed by atoms with Crippen LogP contribution in [0, 0.1) is 0 Å². The van der Waals surface area contributed by atoms with Crippen molar-refractivity contribution in [3.8, 4) is 0 Å². The number of nitrogens with zero attached hydrogens (tertiary/aromatic N) is 9. The summed E-state index contributed by atoms with van der Waals surface area (Å²) in [5, 5.41) is 3.15. The average Bonchev–Trinajstić information content (AvgIpc) is 2.06. The second kappa shape index (κ2) is 8.97. The topological polar surface area (TPSA) is 180 Å². The van der Waals surface area contributed by atoms with E-state index in [1.54, 1.807) is 6.92 Å². The zero-order valence-corrected chi connectivity index (χ0v) is 7.77. The molecular formula is C2H5N9O2S. The molecule has 0 heterocycles. The predicted molar refractivity (Wildman–Crippen MR) is 46.9 cm³/mol. The van der Waals surface area contributed by atoms with Crippen molar-refractivity contribution >= 4 is 10.2 Å². The third-order valence-corrected chi connectivity index (χ3v) is 1.04. The number of hydrogen-bond donors (Lipinski definition) is 0. The summed E-state index contributed by atoms with van der Waals surface area (Å²) in [6.45, 7) is 2.34. The lowest BCUT2D eigenvalue weighted by molar-refractivity contribution is 0.599. The standard InChI is InChI=1S/C2H5N3.N6O2S/c1-2-4-5-3;1-3-5-9(7,8)6-4-2/h2H2,1H3;. The third-order valence-electron chi connectivity index (χ3n) is 0.484. The monoisotopic (exact) mass is 219 g/mol. The molecule has 0 rings (SSSR count). The predicted octanol–water partition coefficient (Wildman–Crippen LogP) is 2.17. The number of azide groups is 2. The molecule has 0 aliphatic rings. The lowest BCUT2D eigenvalue weighted by Crippen LogP contribution is -1.82. The van der Waals surface area contributed by atoms with Gasteiger partial charge in [0.15, 0.2) is 0 Å². The molecule has 0 aromatic heterocycles. The van der Waals surface area contributed by atoms with E-state index >= 15 is 0 Å². The first-order valence-corrected chi connectivity index (χ1v) is 4.32. The van der Waals surface area contributed by atoms with Gasteiger partial charge in [0.2, 0.25) is 0 Å². The minimum absolute atomic E-state index is 0.552. The first-order chi connectivity index (χ1) is 6.54. The highest BCUT2D eigenvalue weighted by Gasteiger charge is 1.99. The van der Waals surface area contributed by atoms with Crippen LogP contribution in [-0.4, -0.2) is 15.0 Å². The van der Waals surface area contributed by atoms with E-state index in [0.717, 1.165) is 0 Å². The molecule has 0 spiro atoms. The van der Waals surface area contributed by atoms with Gasteiger partial charge >= 0.3 is 10.2 Å². The fourth-order valence-corrected chi connectivity index (χ4v) is 0.389. The highest BCUT2D eigenvalue weighted by atomic mass is 32.2. The van der Waals surface area contributed by atoms with E-state index in [0.29, 0.717) is 6.54 Å². The molecule has 0 radical (unpaired) electrons. The Labute approximate surface area is 78.4 Å². The second-order valence-corrected chi connectivity index (χ2v) is 2.56. The smallest absolute Gasteiger partial charge is 0.213 e. The van der Waals surface area contributed by atoms with Crippen LogP contribution in [0.25, 0.3) is 31.3 Å². The Morgan fingerprint density at radius 2 is 1.50 bits per heavy atom. The molecule has 0 aromatic rings. The van der Waals surface area contributed by atoms with Gasteiger partial charge in [-0.25, -0.2) is 8.42 Å². The number of hydrogen-bond acceptors (Lipinski definition) is 3. The molecule has 11 nitrogen and oxygen atoms in total. The first-order valence-electron chi connectivity index (χ1n) is 2.92. The number of rotatable bonds is 3. The van der Waals surface area contributed by atoms with Gasteiger partial charge < -0.3 is 0 Å². The van der Waals surface area contributed by atoms with E-state index in [-0.39, 0.29) is 0 Å². The molecule has 0 N–H and O–H groups in total. The van der Waals surface area contributed by atoms with Crippen LogP contribution in [0.1, 0.15) is 6.92 Å². The van der Waals surface area contributed by atoms with Gasteiger partial charge in [0.1, 0.15) is 0 Å². The lowest BCUT2D eigenvalue weighted by atomic mass is 10.8. The Bertz CT molecular complexity index is 367. The third kappa shape index (κ3) is 12.5. The van der Waals surface area contributed by atoms with Crippen LogP contribution < -0.4 is 0 Å². The van der Waals surface area contributed by atoms with Gasteiger partial charge in [0.05, 0.1) is 0 Å². The first kappa shape index (κ1) is 14.4. The van der Waals surface area contributed by atoms with E-state index < -0.39 is 10.2 Å². The van der Waals surface area contributed by atoms with Crippen molar-refractivity contribution < 1.29 is 8.42 Å². The molecule has 0 saturated heterocycles. The highest BCUT2D eigenvalue weighted by Crippen LogP contribution is 1.92. The Hall–Kier alpha value is -2.12. The van der Waals surface area contributed by atoms with E-state index in [2.05, 4.69) is 19.1 Å². The van der Waals surface area contributed by atoms with Gasteiger partial charge in [-0.1, -0.05) is 12.0 Å². The minimum Gasteiger partial charge on any atom is -0.213 e. The maximum absolute atomic E-state index is 9.99. The zero-order valence-electron chi connectivity index (χ0n) is 6.96. The Morgan fingerprint density at radius 1 is 1.07 bits per heavy atom. The van der Waals surface area contributed by atoms with Crippen molar-refractivity contribution in [3.05, 3.63) is 31.3 Å². The van der Waals surface area contributed by atoms with Crippen LogP contribution in [0.4, 0.5) is 0 Å². The molecule has 0 bridgehead atoms. The van der Waals surface area contributed by atoms with Crippen LogP contribution >= 0.6 is 0 Å². The highest BCUT2D eigenvalue weighted by molar-refractivity contribution is 7.88. The molecule has 0 unspecified atom stereocenters. The fourth-order valence-electron chi connectivity index (χ4n) is 0.172. The summed E-state index contributed by atoms with van der Waals surface area (Å²) in [6.07, 6.45) is 0. The molecule has 0 fully saturated rings. The van der Waals surface area contributed by atoms with Crippen molar-refractivity contribution in [2.75, 3.05) is 6.54 Å². The summed E-state index contributed by atoms with van der Waals surface area (Å²) in [5.74, 6) is 0. The maximum Gasteiger partial charge on any atom is 0.321 e. The van der Waals surface area contributed by atoms with E-state index in [1.165, 1.54) is 0 Å². The van der Waals surface area contributed by atoms with Gasteiger partial charge in [0, 0.05) is 30.3 Å². The molecular weight excluding hydrogens is 214 g/mol. The van der Waals surface area contributed by atoms with Gasteiger partial charge in [-0.2, -0.15) is 0 Å². The van der Waals surface area contributed by atoms with Crippen LogP contribution in [-0.2, 0) is 10.2 Å². The molecule has 14 heavy (non-hydrogen) atoms. The minimum atomic E-state index is -4.27. The normalized spacial score (nSPS) is 7.79. The molecule has 0 aliphatic carbocycles. The fraction of sp³-hybridized carbons (Fsp3) is 1.00. The molecule has 0 atom stereocenters. The van der Waals surface area contributed by atoms with E-state index in [9.17, 15) is 8.42 Å². The van der Waals surface area contributed by atoms with E-state index in [1.807, 2.05) is 9.82 Å². The molecule has 0 amide bonds. The molecule has 0 aromatic carbocycles. The van der Waals surface area contributed by atoms with Crippen molar-refractivity contribution in [1.29, 1.82) is 0 Å². The molecule has 0 saturated carbocycles. The average molecular weight is 219 g/mol. The summed E-state index contributed by atoms with van der Waals surface area (Å²) >= 11 is 0. The Morgan fingerprint density at radius 3 is 1.64 bits per heavy atom. The van der Waals surface area contributed by atoms with E-state index in [4.69, 9.17) is 16.6 Å². The Kier molecular flexibility index (Phi) is 9.23. The van der Waals surface area contributed by atoms with Gasteiger partial charge in [0.25, 0.3) is 0 Å². The second-order valence-electron chi connectivity index (χ2n) is 1.34. The van der Waals surface area contributed by atoms with Gasteiger partial charge in [-0.05, 0) is 16.6 Å². The van der Waals surface area contributed by atoms with Crippen molar-refractivity contribution in [1.82, 2.24) is 0 Å². The summed E-state index contributed by atoms with van der Waals surface area (Å²) in [7, 11) is -4.27. The summed E-state index contributed by atoms with van der Waals surface area (Å²) in [4.78, 5) is 6.28. The summed E-state index contributed by atoms with van der Waals surface area (Å²) in [6, 6.07) is 0. The van der Waals surface area contributed by atoms with Crippen LogP contribution in [0.5, 0.6) is 0 Å². The van der Waals surface area contributed by atoms with Crippen LogP contribution in [0.3, 0.4) is 0 Å². The summed E-state index contributed by atoms with van der Waals surface area (Å²) in [5.41, 5.74) is 22.6. The molecule has 0 aliphatic heterocycles. The van der Waals surface area contributed by atoms with Crippen molar-refractivity contribution in [2.45, 2.75) is 6.92 Å².